The summed E-state index contributed by atoms with van der Waals surface area (Å²) in [6.45, 7) is 5.19. The fraction of sp³-hybridized carbons (Fsp3) is 0.500. The Morgan fingerprint density at radius 1 is 1.41 bits per heavy atom. The van der Waals surface area contributed by atoms with Crippen molar-refractivity contribution in [1.29, 1.82) is 0 Å². The summed E-state index contributed by atoms with van der Waals surface area (Å²) in [5.74, 6) is 0.720. The van der Waals surface area contributed by atoms with Crippen LogP contribution in [0.2, 0.25) is 5.15 Å². The number of rotatable bonds is 4. The molecule has 0 aliphatic carbocycles. The summed E-state index contributed by atoms with van der Waals surface area (Å²) in [6, 6.07) is 2.04. The average Bonchev–Trinajstić information content (AvgIpc) is 2.67. The van der Waals surface area contributed by atoms with E-state index >= 15 is 0 Å². The van der Waals surface area contributed by atoms with Crippen molar-refractivity contribution in [2.24, 2.45) is 0 Å². The van der Waals surface area contributed by atoms with Crippen LogP contribution in [0.25, 0.3) is 10.2 Å². The van der Waals surface area contributed by atoms with Crippen LogP contribution in [0.4, 0.5) is 5.95 Å². The molecule has 0 atom stereocenters. The number of aromatic nitrogens is 2. The molecule has 0 bridgehead atoms. The predicted molar refractivity (Wildman–Crippen MR) is 75.3 cm³/mol. The SMILES string of the molecule is CCCCN(C)c1nc(Cl)c2cc(C)sc2n1. The number of thiophene rings is 1. The number of nitrogens with zero attached hydrogens (tertiary/aromatic N) is 3. The molecule has 0 saturated heterocycles. The molecule has 2 rings (SSSR count). The molecule has 0 amide bonds. The van der Waals surface area contributed by atoms with Gasteiger partial charge in [-0.1, -0.05) is 24.9 Å². The van der Waals surface area contributed by atoms with E-state index in [1.807, 2.05) is 13.1 Å². The molecule has 92 valence electrons. The topological polar surface area (TPSA) is 29.0 Å². The van der Waals surface area contributed by atoms with Gasteiger partial charge in [-0.3, -0.25) is 0 Å². The molecule has 0 saturated carbocycles. The van der Waals surface area contributed by atoms with Gasteiger partial charge in [-0.25, -0.2) is 9.97 Å². The van der Waals surface area contributed by atoms with Gasteiger partial charge in [-0.05, 0) is 19.4 Å². The van der Waals surface area contributed by atoms with Gasteiger partial charge in [-0.2, -0.15) is 0 Å². The van der Waals surface area contributed by atoms with Gasteiger partial charge in [0.25, 0.3) is 0 Å². The first kappa shape index (κ1) is 12.6. The maximum Gasteiger partial charge on any atom is 0.227 e. The van der Waals surface area contributed by atoms with Gasteiger partial charge >= 0.3 is 0 Å². The minimum atomic E-state index is 0.553. The molecule has 2 aromatic rings. The summed E-state index contributed by atoms with van der Waals surface area (Å²) >= 11 is 7.84. The van der Waals surface area contributed by atoms with E-state index in [2.05, 4.69) is 28.7 Å². The zero-order valence-corrected chi connectivity index (χ0v) is 11.9. The summed E-state index contributed by atoms with van der Waals surface area (Å²) in [5.41, 5.74) is 0. The lowest BCUT2D eigenvalue weighted by Crippen LogP contribution is -2.20. The van der Waals surface area contributed by atoms with Gasteiger partial charge in [0.1, 0.15) is 9.98 Å². The molecule has 17 heavy (non-hydrogen) atoms. The van der Waals surface area contributed by atoms with Crippen molar-refractivity contribution in [2.75, 3.05) is 18.5 Å². The van der Waals surface area contributed by atoms with Crippen LogP contribution < -0.4 is 4.90 Å². The predicted octanol–water partition coefficient (Wildman–Crippen LogP) is 3.89. The van der Waals surface area contributed by atoms with Crippen molar-refractivity contribution in [2.45, 2.75) is 26.7 Å². The minimum absolute atomic E-state index is 0.553. The van der Waals surface area contributed by atoms with E-state index in [4.69, 9.17) is 11.6 Å². The molecule has 3 nitrogen and oxygen atoms in total. The molecular formula is C12H16ClN3S. The van der Waals surface area contributed by atoms with E-state index in [1.54, 1.807) is 11.3 Å². The third kappa shape index (κ3) is 2.69. The molecule has 5 heteroatoms. The Balaban J connectivity index is 2.35. The second kappa shape index (κ2) is 5.19. The molecule has 2 aromatic heterocycles. The highest BCUT2D eigenvalue weighted by atomic mass is 35.5. The summed E-state index contributed by atoms with van der Waals surface area (Å²) in [5, 5.41) is 1.51. The Bertz CT molecular complexity index is 524. The maximum atomic E-state index is 6.18. The van der Waals surface area contributed by atoms with Crippen LogP contribution in [-0.2, 0) is 0 Å². The second-order valence-corrected chi connectivity index (χ2v) is 5.76. The normalized spacial score (nSPS) is 11.1. The monoisotopic (exact) mass is 269 g/mol. The van der Waals surface area contributed by atoms with Gasteiger partial charge in [0.05, 0.1) is 0 Å². The lowest BCUT2D eigenvalue weighted by Gasteiger charge is -2.16. The number of fused-ring (bicyclic) bond motifs is 1. The van der Waals surface area contributed by atoms with E-state index in [1.165, 1.54) is 11.3 Å². The van der Waals surface area contributed by atoms with Gasteiger partial charge in [0, 0.05) is 23.9 Å². The molecule has 0 fully saturated rings. The van der Waals surface area contributed by atoms with Crippen LogP contribution in [-0.4, -0.2) is 23.6 Å². The molecular weight excluding hydrogens is 254 g/mol. The van der Waals surface area contributed by atoms with E-state index in [9.17, 15) is 0 Å². The van der Waals surface area contributed by atoms with Gasteiger partial charge in [-0.15, -0.1) is 11.3 Å². The molecule has 0 spiro atoms. The Morgan fingerprint density at radius 2 is 2.18 bits per heavy atom. The smallest absolute Gasteiger partial charge is 0.227 e. The van der Waals surface area contributed by atoms with Crippen molar-refractivity contribution >= 4 is 39.1 Å². The first-order chi connectivity index (χ1) is 8.11. The molecule has 0 aliphatic heterocycles. The lowest BCUT2D eigenvalue weighted by molar-refractivity contribution is 0.752. The van der Waals surface area contributed by atoms with E-state index in [0.717, 1.165) is 29.1 Å². The quantitative estimate of drug-likeness (QED) is 0.789. The number of aryl methyl sites for hydroxylation is 1. The third-order valence-corrected chi connectivity index (χ3v) is 3.88. The fourth-order valence-electron chi connectivity index (χ4n) is 1.66. The summed E-state index contributed by atoms with van der Waals surface area (Å²) in [7, 11) is 2.01. The van der Waals surface area contributed by atoms with Crippen molar-refractivity contribution < 1.29 is 0 Å². The number of hydrogen-bond acceptors (Lipinski definition) is 4. The highest BCUT2D eigenvalue weighted by molar-refractivity contribution is 7.18. The Labute approximate surface area is 110 Å². The van der Waals surface area contributed by atoms with Crippen LogP contribution in [0.5, 0.6) is 0 Å². The van der Waals surface area contributed by atoms with Gasteiger partial charge in [0.2, 0.25) is 5.95 Å². The van der Waals surface area contributed by atoms with Crippen molar-refractivity contribution in [3.8, 4) is 0 Å². The Kier molecular flexibility index (Phi) is 3.84. The highest BCUT2D eigenvalue weighted by Crippen LogP contribution is 2.29. The van der Waals surface area contributed by atoms with Crippen LogP contribution in [0, 0.1) is 6.92 Å². The number of unbranched alkanes of at least 4 members (excludes halogenated alkanes) is 1. The van der Waals surface area contributed by atoms with Gasteiger partial charge in [0.15, 0.2) is 0 Å². The van der Waals surface area contributed by atoms with Crippen LogP contribution in [0.15, 0.2) is 6.07 Å². The zero-order chi connectivity index (χ0) is 12.4. The minimum Gasteiger partial charge on any atom is -0.344 e. The third-order valence-electron chi connectivity index (χ3n) is 2.65. The summed E-state index contributed by atoms with van der Waals surface area (Å²) in [4.78, 5) is 13.2. The molecule has 2 heterocycles. The number of hydrogen-bond donors (Lipinski definition) is 0. The molecule has 0 radical (unpaired) electrons. The Morgan fingerprint density at radius 3 is 2.88 bits per heavy atom. The zero-order valence-electron chi connectivity index (χ0n) is 10.3. The highest BCUT2D eigenvalue weighted by Gasteiger charge is 2.11. The van der Waals surface area contributed by atoms with Crippen LogP contribution in [0.1, 0.15) is 24.6 Å². The Hall–Kier alpha value is -0.870. The molecule has 0 aliphatic rings. The van der Waals surface area contributed by atoms with Crippen LogP contribution >= 0.6 is 22.9 Å². The summed E-state index contributed by atoms with van der Waals surface area (Å²) in [6.07, 6.45) is 2.30. The molecule has 0 unspecified atom stereocenters. The first-order valence-electron chi connectivity index (χ1n) is 5.76. The lowest BCUT2D eigenvalue weighted by atomic mass is 10.3. The van der Waals surface area contributed by atoms with E-state index in [-0.39, 0.29) is 0 Å². The summed E-state index contributed by atoms with van der Waals surface area (Å²) < 4.78 is 0. The molecule has 0 N–H and O–H groups in total. The van der Waals surface area contributed by atoms with E-state index < -0.39 is 0 Å². The standard InChI is InChI=1S/C12H16ClN3S/c1-4-5-6-16(3)12-14-10(13)9-7-8(2)17-11(9)15-12/h7H,4-6H2,1-3H3. The van der Waals surface area contributed by atoms with Crippen LogP contribution in [0.3, 0.4) is 0 Å². The average molecular weight is 270 g/mol. The van der Waals surface area contributed by atoms with Crippen molar-refractivity contribution in [1.82, 2.24) is 9.97 Å². The fourth-order valence-corrected chi connectivity index (χ4v) is 2.81. The first-order valence-corrected chi connectivity index (χ1v) is 6.96. The van der Waals surface area contributed by atoms with Gasteiger partial charge < -0.3 is 4.90 Å². The van der Waals surface area contributed by atoms with E-state index in [0.29, 0.717) is 5.15 Å². The van der Waals surface area contributed by atoms with Crippen molar-refractivity contribution in [3.63, 3.8) is 0 Å². The number of halogens is 1. The maximum absolute atomic E-state index is 6.18. The van der Waals surface area contributed by atoms with Crippen molar-refractivity contribution in [3.05, 3.63) is 16.1 Å². The molecule has 0 aromatic carbocycles. The number of anilines is 1. The second-order valence-electron chi connectivity index (χ2n) is 4.17. The largest absolute Gasteiger partial charge is 0.344 e.